The molecular formula is C8H8N4O. The Morgan fingerprint density at radius 3 is 2.85 bits per heavy atom. The highest BCUT2D eigenvalue weighted by Crippen LogP contribution is 2.19. The van der Waals surface area contributed by atoms with Crippen molar-refractivity contribution in [1.82, 2.24) is 9.97 Å². The van der Waals surface area contributed by atoms with E-state index in [0.29, 0.717) is 34.5 Å². The molecule has 1 heterocycles. The van der Waals surface area contributed by atoms with Crippen LogP contribution in [-0.2, 0) is 0 Å². The summed E-state index contributed by atoms with van der Waals surface area (Å²) in [6.45, 7) is 0. The number of imidazole rings is 1. The first kappa shape index (κ1) is 7.60. The van der Waals surface area contributed by atoms with Gasteiger partial charge in [0.2, 0.25) is 0 Å². The Balaban J connectivity index is 2.79. The maximum atomic E-state index is 10.5. The Morgan fingerprint density at radius 1 is 1.38 bits per heavy atom. The minimum absolute atomic E-state index is 0.317. The van der Waals surface area contributed by atoms with Crippen molar-refractivity contribution in [2.24, 2.45) is 0 Å². The van der Waals surface area contributed by atoms with E-state index in [1.54, 1.807) is 12.1 Å². The zero-order chi connectivity index (χ0) is 9.42. The van der Waals surface area contributed by atoms with Crippen molar-refractivity contribution in [3.05, 3.63) is 17.7 Å². The molecule has 0 amide bonds. The lowest BCUT2D eigenvalue weighted by molar-refractivity contribution is 0.112. The average Bonchev–Trinajstić information content (AvgIpc) is 2.42. The highest BCUT2D eigenvalue weighted by Gasteiger charge is 2.04. The number of hydrogen-bond donors (Lipinski definition) is 3. The van der Waals surface area contributed by atoms with Crippen LogP contribution in [0.4, 0.5) is 11.6 Å². The summed E-state index contributed by atoms with van der Waals surface area (Å²) < 4.78 is 0. The number of rotatable bonds is 1. The summed E-state index contributed by atoms with van der Waals surface area (Å²) in [5.41, 5.74) is 13.3. The fraction of sp³-hybridized carbons (Fsp3) is 0. The number of nitrogens with zero attached hydrogens (tertiary/aromatic N) is 1. The molecule has 2 aromatic rings. The molecule has 66 valence electrons. The second-order valence-corrected chi connectivity index (χ2v) is 2.74. The topological polar surface area (TPSA) is 97.8 Å². The molecule has 0 fully saturated rings. The molecule has 2 rings (SSSR count). The summed E-state index contributed by atoms with van der Waals surface area (Å²) in [5.74, 6) is 0.317. The van der Waals surface area contributed by atoms with Crippen LogP contribution >= 0.6 is 0 Å². The van der Waals surface area contributed by atoms with Crippen LogP contribution in [0.5, 0.6) is 0 Å². The van der Waals surface area contributed by atoms with Crippen LogP contribution in [-0.4, -0.2) is 16.3 Å². The lowest BCUT2D eigenvalue weighted by Crippen LogP contribution is -1.92. The van der Waals surface area contributed by atoms with Gasteiger partial charge < -0.3 is 16.5 Å². The number of hydrogen-bond acceptors (Lipinski definition) is 4. The molecule has 0 atom stereocenters. The molecule has 0 radical (unpaired) electrons. The van der Waals surface area contributed by atoms with Gasteiger partial charge in [-0.25, -0.2) is 4.98 Å². The van der Waals surface area contributed by atoms with Crippen LogP contribution in [0.15, 0.2) is 12.1 Å². The van der Waals surface area contributed by atoms with Gasteiger partial charge in [0, 0.05) is 11.3 Å². The molecule has 5 heteroatoms. The van der Waals surface area contributed by atoms with Gasteiger partial charge in [0.25, 0.3) is 0 Å². The van der Waals surface area contributed by atoms with Gasteiger partial charge in [-0.2, -0.15) is 0 Å². The highest BCUT2D eigenvalue weighted by molar-refractivity contribution is 5.92. The number of benzene rings is 1. The Bertz CT molecular complexity index is 474. The first-order chi connectivity index (χ1) is 6.20. The molecular weight excluding hydrogens is 168 g/mol. The molecule has 0 spiro atoms. The van der Waals surface area contributed by atoms with Gasteiger partial charge in [0.05, 0.1) is 11.0 Å². The maximum absolute atomic E-state index is 10.5. The summed E-state index contributed by atoms with van der Waals surface area (Å²) >= 11 is 0. The quantitative estimate of drug-likeness (QED) is 0.436. The normalized spacial score (nSPS) is 10.5. The maximum Gasteiger partial charge on any atom is 0.198 e. The van der Waals surface area contributed by atoms with Crippen LogP contribution in [0.3, 0.4) is 0 Å². The molecule has 5 nitrogen and oxygen atoms in total. The molecule has 1 aromatic heterocycles. The Morgan fingerprint density at radius 2 is 2.15 bits per heavy atom. The number of aldehydes is 1. The van der Waals surface area contributed by atoms with Crippen molar-refractivity contribution in [2.45, 2.75) is 0 Å². The second kappa shape index (κ2) is 2.48. The van der Waals surface area contributed by atoms with E-state index in [-0.39, 0.29) is 0 Å². The van der Waals surface area contributed by atoms with Crippen LogP contribution in [0.1, 0.15) is 10.4 Å². The van der Waals surface area contributed by atoms with Gasteiger partial charge in [-0.1, -0.05) is 0 Å². The van der Waals surface area contributed by atoms with Gasteiger partial charge in [0.1, 0.15) is 0 Å². The summed E-state index contributed by atoms with van der Waals surface area (Å²) in [7, 11) is 0. The van der Waals surface area contributed by atoms with Crippen LogP contribution < -0.4 is 11.5 Å². The zero-order valence-corrected chi connectivity index (χ0v) is 6.74. The van der Waals surface area contributed by atoms with E-state index in [0.717, 1.165) is 0 Å². The third kappa shape index (κ3) is 1.10. The van der Waals surface area contributed by atoms with Crippen molar-refractivity contribution >= 4 is 29.0 Å². The number of carbonyl (C=O) groups excluding carboxylic acids is 1. The van der Waals surface area contributed by atoms with Crippen molar-refractivity contribution in [3.63, 3.8) is 0 Å². The SMILES string of the molecule is Nc1nc2cc(N)c(C=O)cc2[nH]1. The van der Waals surface area contributed by atoms with E-state index >= 15 is 0 Å². The van der Waals surface area contributed by atoms with Gasteiger partial charge in [-0.15, -0.1) is 0 Å². The fourth-order valence-electron chi connectivity index (χ4n) is 1.21. The Kier molecular flexibility index (Phi) is 1.45. The van der Waals surface area contributed by atoms with Gasteiger partial charge >= 0.3 is 0 Å². The highest BCUT2D eigenvalue weighted by atomic mass is 16.1. The minimum atomic E-state index is 0.317. The second-order valence-electron chi connectivity index (χ2n) is 2.74. The van der Waals surface area contributed by atoms with E-state index in [4.69, 9.17) is 11.5 Å². The van der Waals surface area contributed by atoms with Crippen LogP contribution in [0.2, 0.25) is 0 Å². The van der Waals surface area contributed by atoms with E-state index < -0.39 is 0 Å². The first-order valence-corrected chi connectivity index (χ1v) is 3.70. The van der Waals surface area contributed by atoms with Crippen LogP contribution in [0, 0.1) is 0 Å². The predicted octanol–water partition coefficient (Wildman–Crippen LogP) is 0.540. The Labute approximate surface area is 73.7 Å². The Hall–Kier alpha value is -2.04. The molecule has 1 aromatic carbocycles. The monoisotopic (exact) mass is 176 g/mol. The largest absolute Gasteiger partial charge is 0.398 e. The number of H-pyrrole nitrogens is 1. The summed E-state index contributed by atoms with van der Waals surface area (Å²) in [4.78, 5) is 17.3. The average molecular weight is 176 g/mol. The predicted molar refractivity (Wildman–Crippen MR) is 50.3 cm³/mol. The lowest BCUT2D eigenvalue weighted by atomic mass is 10.2. The molecule has 0 unspecified atom stereocenters. The van der Waals surface area contributed by atoms with E-state index in [2.05, 4.69) is 9.97 Å². The van der Waals surface area contributed by atoms with Crippen molar-refractivity contribution < 1.29 is 4.79 Å². The van der Waals surface area contributed by atoms with E-state index in [9.17, 15) is 4.79 Å². The molecule has 0 saturated carbocycles. The molecule has 0 aliphatic rings. The summed E-state index contributed by atoms with van der Waals surface area (Å²) in [6, 6.07) is 3.24. The van der Waals surface area contributed by atoms with Crippen molar-refractivity contribution in [2.75, 3.05) is 11.5 Å². The number of anilines is 2. The van der Waals surface area contributed by atoms with Crippen molar-refractivity contribution in [3.8, 4) is 0 Å². The van der Waals surface area contributed by atoms with Gasteiger partial charge in [0.15, 0.2) is 12.2 Å². The first-order valence-electron chi connectivity index (χ1n) is 3.70. The number of fused-ring (bicyclic) bond motifs is 1. The molecule has 5 N–H and O–H groups in total. The molecule has 13 heavy (non-hydrogen) atoms. The number of nitrogen functional groups attached to an aromatic ring is 2. The standard InChI is InChI=1S/C8H8N4O/c9-5-2-7-6(1-4(5)3-13)11-8(10)12-7/h1-3H,9H2,(H3,10,11,12). The minimum Gasteiger partial charge on any atom is -0.398 e. The fourth-order valence-corrected chi connectivity index (χ4v) is 1.21. The lowest BCUT2D eigenvalue weighted by Gasteiger charge is -1.96. The third-order valence-electron chi connectivity index (χ3n) is 1.83. The van der Waals surface area contributed by atoms with Crippen LogP contribution in [0.25, 0.3) is 11.0 Å². The van der Waals surface area contributed by atoms with Gasteiger partial charge in [-0.3, -0.25) is 4.79 Å². The number of carbonyl (C=O) groups is 1. The third-order valence-corrected chi connectivity index (χ3v) is 1.83. The number of aromatic nitrogens is 2. The van der Waals surface area contributed by atoms with Gasteiger partial charge in [-0.05, 0) is 12.1 Å². The molecule has 0 aliphatic carbocycles. The smallest absolute Gasteiger partial charge is 0.198 e. The summed E-state index contributed by atoms with van der Waals surface area (Å²) in [5, 5.41) is 0. The summed E-state index contributed by atoms with van der Waals surface area (Å²) in [6.07, 6.45) is 0.700. The molecule has 0 aliphatic heterocycles. The number of nitrogens with one attached hydrogen (secondary N) is 1. The molecule has 0 bridgehead atoms. The van der Waals surface area contributed by atoms with E-state index in [1.165, 1.54) is 0 Å². The number of aromatic amines is 1. The van der Waals surface area contributed by atoms with Crippen molar-refractivity contribution in [1.29, 1.82) is 0 Å². The molecule has 0 saturated heterocycles. The number of nitrogens with two attached hydrogens (primary N) is 2. The zero-order valence-electron chi connectivity index (χ0n) is 6.74. The van der Waals surface area contributed by atoms with E-state index in [1.807, 2.05) is 0 Å².